The zero-order valence-corrected chi connectivity index (χ0v) is 24.7. The van der Waals surface area contributed by atoms with Crippen molar-refractivity contribution in [2.24, 2.45) is 5.92 Å². The van der Waals surface area contributed by atoms with Crippen LogP contribution in [0.25, 0.3) is 0 Å². The number of benzene rings is 3. The van der Waals surface area contributed by atoms with Gasteiger partial charge in [0.2, 0.25) is 15.9 Å². The molecule has 1 atom stereocenters. The third-order valence-corrected chi connectivity index (χ3v) is 10.5. The number of carbonyl (C=O) groups is 1. The van der Waals surface area contributed by atoms with Crippen LogP contribution in [-0.4, -0.2) is 40.1 Å². The predicted molar refractivity (Wildman–Crippen MR) is 155 cm³/mol. The molecule has 13 heteroatoms. The van der Waals surface area contributed by atoms with E-state index in [1.54, 1.807) is 24.3 Å². The van der Waals surface area contributed by atoms with E-state index in [4.69, 9.17) is 34.8 Å². The quantitative estimate of drug-likeness (QED) is 0.320. The van der Waals surface area contributed by atoms with Gasteiger partial charge in [-0.1, -0.05) is 46.9 Å². The van der Waals surface area contributed by atoms with Crippen molar-refractivity contribution >= 4 is 72.1 Å². The van der Waals surface area contributed by atoms with Gasteiger partial charge in [0.25, 0.3) is 10.0 Å². The van der Waals surface area contributed by atoms with E-state index in [1.165, 1.54) is 40.7 Å². The van der Waals surface area contributed by atoms with Gasteiger partial charge in [0.1, 0.15) is 0 Å². The van der Waals surface area contributed by atoms with E-state index in [0.29, 0.717) is 46.4 Å². The van der Waals surface area contributed by atoms with Crippen molar-refractivity contribution in [3.8, 4) is 0 Å². The second-order valence-electron chi connectivity index (χ2n) is 9.27. The van der Waals surface area contributed by atoms with Gasteiger partial charge in [-0.3, -0.25) is 9.52 Å². The number of nitrogens with zero attached hydrogens (tertiary/aromatic N) is 1. The standard InChI is InChI=1S/C26H26Cl3N3O5S2/c1-17-4-7-22(14-24(17)28)31-39(36,37)23-10-8-21(9-11-23)30-26(33)18-3-2-12-32(15-18)38(34,35)16-19-5-6-20(27)13-25(19)29/h4-11,13-14,18,31H,2-3,12,15-16H2,1H3,(H,30,33). The highest BCUT2D eigenvalue weighted by Crippen LogP contribution is 2.27. The van der Waals surface area contributed by atoms with E-state index in [-0.39, 0.29) is 28.1 Å². The molecule has 8 nitrogen and oxygen atoms in total. The molecule has 208 valence electrons. The van der Waals surface area contributed by atoms with Crippen LogP contribution in [0.2, 0.25) is 15.1 Å². The first-order chi connectivity index (χ1) is 18.3. The number of anilines is 2. The Morgan fingerprint density at radius 2 is 1.62 bits per heavy atom. The minimum atomic E-state index is -3.88. The Morgan fingerprint density at radius 1 is 0.923 bits per heavy atom. The third-order valence-electron chi connectivity index (χ3n) is 6.36. The molecule has 0 aliphatic carbocycles. The number of halogens is 3. The summed E-state index contributed by atoms with van der Waals surface area (Å²) in [6.45, 7) is 2.16. The van der Waals surface area contributed by atoms with E-state index in [0.717, 1.165) is 5.56 Å². The van der Waals surface area contributed by atoms with Crippen LogP contribution < -0.4 is 10.0 Å². The van der Waals surface area contributed by atoms with Crippen molar-refractivity contribution in [1.82, 2.24) is 4.31 Å². The molecule has 2 N–H and O–H groups in total. The van der Waals surface area contributed by atoms with Crippen LogP contribution in [0.1, 0.15) is 24.0 Å². The lowest BCUT2D eigenvalue weighted by molar-refractivity contribution is -0.120. The maximum atomic E-state index is 13.0. The van der Waals surface area contributed by atoms with Gasteiger partial charge in [0, 0.05) is 33.8 Å². The van der Waals surface area contributed by atoms with E-state index < -0.39 is 26.0 Å². The molecule has 1 aliphatic heterocycles. The number of hydrogen-bond donors (Lipinski definition) is 2. The fourth-order valence-electron chi connectivity index (χ4n) is 4.17. The van der Waals surface area contributed by atoms with Crippen molar-refractivity contribution in [3.05, 3.63) is 86.9 Å². The lowest BCUT2D eigenvalue weighted by Crippen LogP contribution is -2.44. The number of piperidine rings is 1. The number of hydrogen-bond acceptors (Lipinski definition) is 5. The van der Waals surface area contributed by atoms with Crippen LogP contribution in [0.4, 0.5) is 11.4 Å². The van der Waals surface area contributed by atoms with Crippen LogP contribution in [0.15, 0.2) is 65.6 Å². The maximum Gasteiger partial charge on any atom is 0.261 e. The first-order valence-electron chi connectivity index (χ1n) is 12.0. The van der Waals surface area contributed by atoms with E-state index >= 15 is 0 Å². The summed E-state index contributed by atoms with van der Waals surface area (Å²) in [5, 5.41) is 3.88. The monoisotopic (exact) mass is 629 g/mol. The number of rotatable bonds is 8. The highest BCUT2D eigenvalue weighted by Gasteiger charge is 2.33. The maximum absolute atomic E-state index is 13.0. The summed E-state index contributed by atoms with van der Waals surface area (Å²) in [7, 11) is -7.60. The van der Waals surface area contributed by atoms with Crippen LogP contribution in [0.5, 0.6) is 0 Å². The summed E-state index contributed by atoms with van der Waals surface area (Å²) < 4.78 is 55.4. The van der Waals surface area contributed by atoms with Gasteiger partial charge in [0.05, 0.1) is 22.3 Å². The fraction of sp³-hybridized carbons (Fsp3) is 0.269. The van der Waals surface area contributed by atoms with Gasteiger partial charge in [-0.15, -0.1) is 0 Å². The van der Waals surface area contributed by atoms with Crippen molar-refractivity contribution in [2.75, 3.05) is 23.1 Å². The summed E-state index contributed by atoms with van der Waals surface area (Å²) in [6.07, 6.45) is 1.05. The molecule has 1 amide bonds. The Kier molecular flexibility index (Phi) is 9.15. The largest absolute Gasteiger partial charge is 0.326 e. The molecule has 0 aromatic heterocycles. The number of carbonyl (C=O) groups excluding carboxylic acids is 1. The summed E-state index contributed by atoms with van der Waals surface area (Å²) >= 11 is 18.1. The molecular formula is C26H26Cl3N3O5S2. The van der Waals surface area contributed by atoms with E-state index in [2.05, 4.69) is 10.0 Å². The average Bonchev–Trinajstić information content (AvgIpc) is 2.88. The minimum absolute atomic E-state index is 0.00740. The van der Waals surface area contributed by atoms with E-state index in [1.807, 2.05) is 6.92 Å². The second-order valence-corrected chi connectivity index (χ2v) is 14.2. The minimum Gasteiger partial charge on any atom is -0.326 e. The van der Waals surface area contributed by atoms with Crippen LogP contribution >= 0.6 is 34.8 Å². The average molecular weight is 631 g/mol. The van der Waals surface area contributed by atoms with Crippen LogP contribution in [-0.2, 0) is 30.6 Å². The second kappa shape index (κ2) is 12.0. The topological polar surface area (TPSA) is 113 Å². The molecule has 39 heavy (non-hydrogen) atoms. The third kappa shape index (κ3) is 7.45. The molecule has 1 unspecified atom stereocenters. The fourth-order valence-corrected chi connectivity index (χ4v) is 7.59. The SMILES string of the molecule is Cc1ccc(NS(=O)(=O)c2ccc(NC(=O)C3CCCN(S(=O)(=O)Cc4ccc(Cl)cc4Cl)C3)cc2)cc1Cl. The first-order valence-corrected chi connectivity index (χ1v) is 16.2. The Hall–Kier alpha value is -2.34. The van der Waals surface area contributed by atoms with Gasteiger partial charge in [-0.25, -0.2) is 21.1 Å². The molecule has 0 saturated carbocycles. The van der Waals surface area contributed by atoms with Crippen molar-refractivity contribution in [3.63, 3.8) is 0 Å². The summed E-state index contributed by atoms with van der Waals surface area (Å²) in [6, 6.07) is 15.2. The van der Waals surface area contributed by atoms with Gasteiger partial charge >= 0.3 is 0 Å². The molecule has 3 aromatic rings. The van der Waals surface area contributed by atoms with Crippen LogP contribution in [0.3, 0.4) is 0 Å². The molecule has 4 rings (SSSR count). The summed E-state index contributed by atoms with van der Waals surface area (Å²) in [4.78, 5) is 13.0. The Morgan fingerprint density at radius 3 is 2.28 bits per heavy atom. The molecule has 0 spiro atoms. The van der Waals surface area contributed by atoms with Gasteiger partial charge < -0.3 is 5.32 Å². The number of nitrogens with one attached hydrogen (secondary N) is 2. The van der Waals surface area contributed by atoms with Crippen molar-refractivity contribution < 1.29 is 21.6 Å². The molecule has 0 radical (unpaired) electrons. The van der Waals surface area contributed by atoms with E-state index in [9.17, 15) is 21.6 Å². The molecule has 0 bridgehead atoms. The summed E-state index contributed by atoms with van der Waals surface area (Å²) in [5.41, 5.74) is 1.98. The van der Waals surface area contributed by atoms with Crippen LogP contribution in [0, 0.1) is 12.8 Å². The highest BCUT2D eigenvalue weighted by atomic mass is 35.5. The predicted octanol–water partition coefficient (Wildman–Crippen LogP) is 5.94. The van der Waals surface area contributed by atoms with Crippen molar-refractivity contribution in [1.29, 1.82) is 0 Å². The molecule has 1 aliphatic rings. The highest BCUT2D eigenvalue weighted by molar-refractivity contribution is 7.92. The number of sulfonamides is 2. The molecular weight excluding hydrogens is 605 g/mol. The number of aryl methyl sites for hydroxylation is 1. The van der Waals surface area contributed by atoms with Gasteiger partial charge in [-0.05, 0) is 79.4 Å². The number of amides is 1. The Balaban J connectivity index is 1.39. The molecule has 1 heterocycles. The smallest absolute Gasteiger partial charge is 0.261 e. The van der Waals surface area contributed by atoms with Crippen molar-refractivity contribution in [2.45, 2.75) is 30.4 Å². The lowest BCUT2D eigenvalue weighted by atomic mass is 9.99. The van der Waals surface area contributed by atoms with Gasteiger partial charge in [-0.2, -0.15) is 0 Å². The normalized spacial score (nSPS) is 16.6. The zero-order valence-electron chi connectivity index (χ0n) is 20.8. The lowest BCUT2D eigenvalue weighted by Gasteiger charge is -2.31. The molecule has 1 fully saturated rings. The Bertz CT molecular complexity index is 1600. The Labute approximate surface area is 243 Å². The first kappa shape index (κ1) is 29.6. The molecule has 3 aromatic carbocycles. The molecule has 1 saturated heterocycles. The van der Waals surface area contributed by atoms with Gasteiger partial charge in [0.15, 0.2) is 0 Å². The zero-order chi connectivity index (χ0) is 28.4. The summed E-state index contributed by atoms with van der Waals surface area (Å²) in [5.74, 6) is -1.20.